The maximum atomic E-state index is 13.9. The largest absolute Gasteiger partial charge is 0.367 e. The van der Waals surface area contributed by atoms with Crippen molar-refractivity contribution in [2.24, 2.45) is 0 Å². The van der Waals surface area contributed by atoms with E-state index in [1.54, 1.807) is 36.4 Å². The quantitative estimate of drug-likeness (QED) is 0.776. The zero-order valence-electron chi connectivity index (χ0n) is 14.2. The maximum Gasteiger partial charge on any atom is 0.274 e. The van der Waals surface area contributed by atoms with Crippen molar-refractivity contribution < 1.29 is 4.39 Å². The number of H-pyrrole nitrogens is 1. The number of anilines is 1. The van der Waals surface area contributed by atoms with E-state index in [4.69, 9.17) is 0 Å². The van der Waals surface area contributed by atoms with Gasteiger partial charge in [-0.05, 0) is 24.3 Å². The average Bonchev–Trinajstić information content (AvgIpc) is 2.67. The minimum Gasteiger partial charge on any atom is -0.367 e. The van der Waals surface area contributed by atoms with Gasteiger partial charge in [-0.3, -0.25) is 19.6 Å². The van der Waals surface area contributed by atoms with Gasteiger partial charge in [0.05, 0.1) is 23.1 Å². The first-order valence-electron chi connectivity index (χ1n) is 8.57. The van der Waals surface area contributed by atoms with Crippen LogP contribution in [0.2, 0.25) is 0 Å². The summed E-state index contributed by atoms with van der Waals surface area (Å²) in [5.41, 5.74) is 0.116. The monoisotopic (exact) mass is 354 g/mol. The SMILES string of the molecule is O=c1[nH]n(CN2CCN(c3ccccc3F)CC2)c(=O)c2ccccc12. The van der Waals surface area contributed by atoms with Crippen LogP contribution in [0, 0.1) is 5.82 Å². The van der Waals surface area contributed by atoms with Crippen molar-refractivity contribution in [3.63, 3.8) is 0 Å². The van der Waals surface area contributed by atoms with Gasteiger partial charge in [-0.2, -0.15) is 0 Å². The third-order valence-corrected chi connectivity index (χ3v) is 4.79. The molecule has 0 atom stereocenters. The molecule has 0 radical (unpaired) electrons. The summed E-state index contributed by atoms with van der Waals surface area (Å²) in [7, 11) is 0. The minimum absolute atomic E-state index is 0.211. The van der Waals surface area contributed by atoms with Gasteiger partial charge >= 0.3 is 0 Å². The second kappa shape index (κ2) is 6.76. The van der Waals surface area contributed by atoms with E-state index in [9.17, 15) is 14.0 Å². The second-order valence-electron chi connectivity index (χ2n) is 6.42. The molecule has 26 heavy (non-hydrogen) atoms. The Balaban J connectivity index is 1.51. The van der Waals surface area contributed by atoms with E-state index in [2.05, 4.69) is 10.00 Å². The lowest BCUT2D eigenvalue weighted by atomic mass is 10.2. The van der Waals surface area contributed by atoms with Crippen LogP contribution in [0.25, 0.3) is 10.8 Å². The molecule has 0 spiro atoms. The molecular formula is C19H19FN4O2. The molecule has 1 fully saturated rings. The Morgan fingerprint density at radius 2 is 1.54 bits per heavy atom. The molecule has 0 saturated carbocycles. The van der Waals surface area contributed by atoms with E-state index in [0.29, 0.717) is 49.3 Å². The Morgan fingerprint density at radius 1 is 0.885 bits per heavy atom. The first-order valence-corrected chi connectivity index (χ1v) is 8.57. The van der Waals surface area contributed by atoms with Crippen LogP contribution in [0.3, 0.4) is 0 Å². The van der Waals surface area contributed by atoms with E-state index in [1.807, 2.05) is 11.0 Å². The molecule has 134 valence electrons. The molecule has 1 aromatic heterocycles. The van der Waals surface area contributed by atoms with Crippen LogP contribution >= 0.6 is 0 Å². The predicted molar refractivity (Wildman–Crippen MR) is 99.0 cm³/mol. The molecule has 1 aliphatic rings. The Hall–Kier alpha value is -2.93. The number of para-hydroxylation sites is 1. The van der Waals surface area contributed by atoms with Gasteiger partial charge in [0.1, 0.15) is 5.82 Å². The van der Waals surface area contributed by atoms with Crippen LogP contribution in [-0.2, 0) is 6.67 Å². The Morgan fingerprint density at radius 3 is 2.27 bits per heavy atom. The van der Waals surface area contributed by atoms with Gasteiger partial charge in [0.15, 0.2) is 0 Å². The Bertz CT molecular complexity index is 1050. The van der Waals surface area contributed by atoms with E-state index in [1.165, 1.54) is 10.7 Å². The number of aromatic amines is 1. The van der Waals surface area contributed by atoms with Gasteiger partial charge in [0.25, 0.3) is 11.1 Å². The van der Waals surface area contributed by atoms with Crippen LogP contribution in [0.15, 0.2) is 58.1 Å². The lowest BCUT2D eigenvalue weighted by Crippen LogP contribution is -2.48. The van der Waals surface area contributed by atoms with Gasteiger partial charge in [0, 0.05) is 26.2 Å². The third kappa shape index (κ3) is 3.01. The van der Waals surface area contributed by atoms with Crippen LogP contribution in [0.5, 0.6) is 0 Å². The zero-order valence-corrected chi connectivity index (χ0v) is 14.2. The van der Waals surface area contributed by atoms with Gasteiger partial charge in [-0.1, -0.05) is 24.3 Å². The topological polar surface area (TPSA) is 61.3 Å². The number of fused-ring (bicyclic) bond motifs is 1. The zero-order chi connectivity index (χ0) is 18.1. The van der Waals surface area contributed by atoms with Gasteiger partial charge in [-0.15, -0.1) is 0 Å². The predicted octanol–water partition coefficient (Wildman–Crippen LogP) is 1.61. The van der Waals surface area contributed by atoms with Gasteiger partial charge in [0.2, 0.25) is 0 Å². The van der Waals surface area contributed by atoms with Crippen molar-refractivity contribution >= 4 is 16.5 Å². The van der Waals surface area contributed by atoms with E-state index >= 15 is 0 Å². The van der Waals surface area contributed by atoms with E-state index in [0.717, 1.165) is 0 Å². The summed E-state index contributed by atoms with van der Waals surface area (Å²) in [6.07, 6.45) is 0. The molecule has 0 bridgehead atoms. The Kier molecular flexibility index (Phi) is 4.30. The average molecular weight is 354 g/mol. The van der Waals surface area contributed by atoms with Gasteiger partial charge < -0.3 is 4.90 Å². The number of piperazine rings is 1. The normalized spacial score (nSPS) is 15.5. The molecule has 1 aliphatic heterocycles. The molecule has 3 aromatic rings. The highest BCUT2D eigenvalue weighted by Gasteiger charge is 2.20. The molecular weight excluding hydrogens is 335 g/mol. The first kappa shape index (κ1) is 16.5. The summed E-state index contributed by atoms with van der Waals surface area (Å²) in [6, 6.07) is 13.5. The van der Waals surface area contributed by atoms with Crippen molar-refractivity contribution in [3.05, 3.63) is 75.1 Å². The second-order valence-corrected chi connectivity index (χ2v) is 6.42. The summed E-state index contributed by atoms with van der Waals surface area (Å²) in [4.78, 5) is 28.8. The number of rotatable bonds is 3. The molecule has 2 heterocycles. The molecule has 0 unspecified atom stereocenters. The molecule has 4 rings (SSSR count). The summed E-state index contributed by atoms with van der Waals surface area (Å²) in [5, 5.41) is 3.47. The maximum absolute atomic E-state index is 13.9. The van der Waals surface area contributed by atoms with Crippen LogP contribution < -0.4 is 16.0 Å². The molecule has 1 N–H and O–H groups in total. The molecule has 7 heteroatoms. The number of hydrogen-bond acceptors (Lipinski definition) is 4. The van der Waals surface area contributed by atoms with Gasteiger partial charge in [-0.25, -0.2) is 9.07 Å². The molecule has 6 nitrogen and oxygen atoms in total. The van der Waals surface area contributed by atoms with E-state index < -0.39 is 0 Å². The van der Waals surface area contributed by atoms with Crippen LogP contribution in [-0.4, -0.2) is 40.9 Å². The number of aromatic nitrogens is 2. The fraction of sp³-hybridized carbons (Fsp3) is 0.263. The smallest absolute Gasteiger partial charge is 0.274 e. The van der Waals surface area contributed by atoms with Crippen molar-refractivity contribution in [1.82, 2.24) is 14.7 Å². The third-order valence-electron chi connectivity index (χ3n) is 4.79. The highest BCUT2D eigenvalue weighted by atomic mass is 19.1. The first-order chi connectivity index (χ1) is 12.6. The molecule has 0 amide bonds. The molecule has 0 aliphatic carbocycles. The number of hydrogen-bond donors (Lipinski definition) is 1. The van der Waals surface area contributed by atoms with Crippen molar-refractivity contribution in [1.29, 1.82) is 0 Å². The van der Waals surface area contributed by atoms with Crippen molar-refractivity contribution in [2.45, 2.75) is 6.67 Å². The number of benzene rings is 2. The van der Waals surface area contributed by atoms with Crippen molar-refractivity contribution in [2.75, 3.05) is 31.1 Å². The van der Waals surface area contributed by atoms with Crippen LogP contribution in [0.1, 0.15) is 0 Å². The number of halogens is 1. The molecule has 1 saturated heterocycles. The number of nitrogens with one attached hydrogen (secondary N) is 1. The summed E-state index contributed by atoms with van der Waals surface area (Å²) < 4.78 is 15.3. The highest BCUT2D eigenvalue weighted by molar-refractivity contribution is 5.80. The fourth-order valence-electron chi connectivity index (χ4n) is 3.38. The summed E-state index contributed by atoms with van der Waals surface area (Å²) in [5.74, 6) is -0.226. The van der Waals surface area contributed by atoms with Crippen LogP contribution in [0.4, 0.5) is 10.1 Å². The number of nitrogens with zero attached hydrogens (tertiary/aromatic N) is 3. The standard InChI is InChI=1S/C19H19FN4O2/c20-16-7-3-4-8-17(16)23-11-9-22(10-12-23)13-24-19(26)15-6-2-1-5-14(15)18(25)21-24/h1-8H,9-13H2,(H,21,25). The lowest BCUT2D eigenvalue weighted by Gasteiger charge is -2.36. The van der Waals surface area contributed by atoms with Crippen molar-refractivity contribution in [3.8, 4) is 0 Å². The Labute approximate surface area is 149 Å². The lowest BCUT2D eigenvalue weighted by molar-refractivity contribution is 0.191. The summed E-state index contributed by atoms with van der Waals surface area (Å²) >= 11 is 0. The molecule has 2 aromatic carbocycles. The minimum atomic E-state index is -0.273. The highest BCUT2D eigenvalue weighted by Crippen LogP contribution is 2.20. The summed E-state index contributed by atoms with van der Waals surface area (Å²) in [6.45, 7) is 2.98. The fourth-order valence-corrected chi connectivity index (χ4v) is 3.38. The van der Waals surface area contributed by atoms with E-state index in [-0.39, 0.29) is 16.9 Å².